The van der Waals surface area contributed by atoms with Crippen LogP contribution in [0.25, 0.3) is 20.7 Å². The molecule has 5 aliphatic rings. The number of fused-ring (bicyclic) bond motifs is 5. The number of nitrogens with zero attached hydrogens (tertiary/aromatic N) is 4. The molecule has 2 aromatic carbocycles. The molecule has 3 aliphatic carbocycles. The van der Waals surface area contributed by atoms with Gasteiger partial charge in [0.2, 0.25) is 23.6 Å². The highest BCUT2D eigenvalue weighted by Gasteiger charge is 2.68. The van der Waals surface area contributed by atoms with Crippen molar-refractivity contribution >= 4 is 78.4 Å². The van der Waals surface area contributed by atoms with Gasteiger partial charge >= 0.3 is 0 Å². The number of amides is 4. The molecule has 6 atom stereocenters. The lowest BCUT2D eigenvalue weighted by atomic mass is 9.51. The number of carbonyl (C=O) groups excluding carboxylic acids is 4. The Hall–Kier alpha value is -3.80. The molecule has 4 fully saturated rings. The highest BCUT2D eigenvalue weighted by atomic mass is 79.9. The van der Waals surface area contributed by atoms with E-state index in [9.17, 15) is 19.5 Å². The maximum Gasteiger partial charge on any atom is 0.242 e. The summed E-state index contributed by atoms with van der Waals surface area (Å²) < 4.78 is 3.36. The molecular formula is C40H38BrClN4O5S. The Morgan fingerprint density at radius 3 is 2.52 bits per heavy atom. The minimum atomic E-state index is -1.28. The number of phenolic OH excluding ortho intramolecular Hbond substituents is 1. The molecule has 52 heavy (non-hydrogen) atoms. The summed E-state index contributed by atoms with van der Waals surface area (Å²) in [6.45, 7) is 3.85. The van der Waals surface area contributed by atoms with E-state index >= 15 is 4.79 Å². The maximum atomic E-state index is 15.1. The highest BCUT2D eigenvalue weighted by Crippen LogP contribution is 2.64. The van der Waals surface area contributed by atoms with Gasteiger partial charge in [-0.3, -0.25) is 28.8 Å². The normalized spacial score (nSPS) is 29.2. The highest BCUT2D eigenvalue weighted by molar-refractivity contribution is 9.10. The average molecular weight is 802 g/mol. The molecule has 9 nitrogen and oxygen atoms in total. The van der Waals surface area contributed by atoms with Gasteiger partial charge in [-0.25, -0.2) is 4.90 Å². The monoisotopic (exact) mass is 800 g/mol. The van der Waals surface area contributed by atoms with Crippen LogP contribution in [-0.2, 0) is 26.2 Å². The van der Waals surface area contributed by atoms with Crippen LogP contribution in [0, 0.1) is 36.0 Å². The predicted molar refractivity (Wildman–Crippen MR) is 203 cm³/mol. The molecule has 12 heteroatoms. The second-order valence-electron chi connectivity index (χ2n) is 15.4. The standard InChI is InChI=1S/C40H38BrClN4O5S/c1-19-25-16-21(42)10-14-31(25)52-35(19)29-18-32(44(3)43-29)46-37(49)28-17-26-23(34(40(28,2)39(46)51)27-15-20(41)9-13-30(27)47)11-12-24-33(26)38(50)45(36(24)48)22-7-5-4-6-8-22/h9-11,13-16,18,22,24,26,28,33-34,47H,4-8,12,17H2,1-3H3. The summed E-state index contributed by atoms with van der Waals surface area (Å²) in [5.74, 6) is -3.66. The van der Waals surface area contributed by atoms with Crippen LogP contribution in [-0.4, -0.2) is 49.5 Å². The lowest BCUT2D eigenvalue weighted by molar-refractivity contribution is -0.144. The fraction of sp³-hybridized carbons (Fsp3) is 0.425. The van der Waals surface area contributed by atoms with Gasteiger partial charge < -0.3 is 5.11 Å². The van der Waals surface area contributed by atoms with Crippen molar-refractivity contribution in [1.29, 1.82) is 0 Å². The quantitative estimate of drug-likeness (QED) is 0.164. The molecule has 268 valence electrons. The van der Waals surface area contributed by atoms with E-state index in [-0.39, 0.29) is 41.8 Å². The van der Waals surface area contributed by atoms with Crippen LogP contribution in [0.4, 0.5) is 5.82 Å². The summed E-state index contributed by atoms with van der Waals surface area (Å²) in [6, 6.07) is 12.6. The van der Waals surface area contributed by atoms with Crippen molar-refractivity contribution in [3.8, 4) is 16.3 Å². The molecule has 2 saturated heterocycles. The zero-order valence-electron chi connectivity index (χ0n) is 29.1. The van der Waals surface area contributed by atoms with Crippen LogP contribution >= 0.6 is 38.9 Å². The first-order valence-electron chi connectivity index (χ1n) is 18.1. The number of allylic oxidation sites excluding steroid dienone is 2. The van der Waals surface area contributed by atoms with Crippen molar-refractivity contribution in [2.75, 3.05) is 4.90 Å². The summed E-state index contributed by atoms with van der Waals surface area (Å²) in [6.07, 6.45) is 7.41. The SMILES string of the molecule is Cc1c(-c2cc(N3C(=O)C4CC5C(=CCC6C(=O)N(C7CCCCC7)C(=O)C65)C(c5cc(Br)ccc5O)C4(C)C3=O)n(C)n2)sc2ccc(Cl)cc12. The van der Waals surface area contributed by atoms with Gasteiger partial charge in [0.15, 0.2) is 0 Å². The van der Waals surface area contributed by atoms with E-state index in [1.165, 1.54) is 4.90 Å². The molecule has 4 amide bonds. The van der Waals surface area contributed by atoms with Crippen molar-refractivity contribution < 1.29 is 24.3 Å². The number of imide groups is 2. The van der Waals surface area contributed by atoms with Gasteiger partial charge in [0.05, 0.1) is 28.0 Å². The molecule has 0 spiro atoms. The van der Waals surface area contributed by atoms with Gasteiger partial charge in [0, 0.05) is 44.8 Å². The van der Waals surface area contributed by atoms with Crippen molar-refractivity contribution in [3.63, 3.8) is 0 Å². The molecule has 4 aromatic rings. The van der Waals surface area contributed by atoms with Gasteiger partial charge in [-0.1, -0.05) is 58.4 Å². The van der Waals surface area contributed by atoms with Crippen LogP contribution in [0.3, 0.4) is 0 Å². The number of rotatable bonds is 4. The molecule has 9 rings (SSSR count). The fourth-order valence-corrected chi connectivity index (χ4v) is 12.0. The van der Waals surface area contributed by atoms with Gasteiger partial charge in [0.25, 0.3) is 0 Å². The van der Waals surface area contributed by atoms with E-state index in [4.69, 9.17) is 16.7 Å². The first kappa shape index (κ1) is 34.0. The minimum absolute atomic E-state index is 0.0105. The zero-order chi connectivity index (χ0) is 36.4. The number of hydrogen-bond donors (Lipinski definition) is 1. The third-order valence-electron chi connectivity index (χ3n) is 12.8. The number of aromatic hydroxyl groups is 1. The van der Waals surface area contributed by atoms with E-state index in [0.717, 1.165) is 62.7 Å². The smallest absolute Gasteiger partial charge is 0.242 e. The number of hydrogen-bond acceptors (Lipinski definition) is 7. The van der Waals surface area contributed by atoms with Crippen LogP contribution in [0.5, 0.6) is 5.75 Å². The van der Waals surface area contributed by atoms with E-state index in [0.29, 0.717) is 28.5 Å². The maximum absolute atomic E-state index is 15.1. The molecular weight excluding hydrogens is 764 g/mol. The summed E-state index contributed by atoms with van der Waals surface area (Å²) in [7, 11) is 1.73. The Balaban J connectivity index is 1.15. The molecule has 1 N–H and O–H groups in total. The summed E-state index contributed by atoms with van der Waals surface area (Å²) >= 11 is 11.5. The lowest BCUT2D eigenvalue weighted by Gasteiger charge is -2.49. The summed E-state index contributed by atoms with van der Waals surface area (Å²) in [4.78, 5) is 62.0. The van der Waals surface area contributed by atoms with Crippen molar-refractivity contribution in [2.45, 2.75) is 70.8 Å². The number of aryl methyl sites for hydroxylation is 2. The van der Waals surface area contributed by atoms with Crippen LogP contribution in [0.2, 0.25) is 5.02 Å². The first-order chi connectivity index (χ1) is 24.9. The minimum Gasteiger partial charge on any atom is -0.508 e. The van der Waals surface area contributed by atoms with Crippen LogP contribution in [0.1, 0.15) is 68.9 Å². The van der Waals surface area contributed by atoms with E-state index in [1.54, 1.807) is 46.2 Å². The number of anilines is 1. The fourth-order valence-electron chi connectivity index (χ4n) is 10.3. The van der Waals surface area contributed by atoms with Crippen LogP contribution in [0.15, 0.2) is 58.6 Å². The Morgan fingerprint density at radius 1 is 0.981 bits per heavy atom. The van der Waals surface area contributed by atoms with Crippen molar-refractivity contribution in [1.82, 2.24) is 14.7 Å². The Labute approximate surface area is 318 Å². The average Bonchev–Trinajstić information content (AvgIpc) is 3.80. The number of thiophene rings is 1. The van der Waals surface area contributed by atoms with Gasteiger partial charge in [-0.2, -0.15) is 5.10 Å². The number of carbonyl (C=O) groups is 4. The lowest BCUT2D eigenvalue weighted by Crippen LogP contribution is -2.49. The molecule has 2 aliphatic heterocycles. The summed E-state index contributed by atoms with van der Waals surface area (Å²) in [5, 5.41) is 17.9. The number of halogens is 2. The number of phenols is 1. The van der Waals surface area contributed by atoms with E-state index < -0.39 is 35.0 Å². The van der Waals surface area contributed by atoms with Gasteiger partial charge in [0.1, 0.15) is 17.3 Å². The number of benzene rings is 2. The Bertz CT molecular complexity index is 2270. The topological polar surface area (TPSA) is 113 Å². The number of aromatic nitrogens is 2. The largest absolute Gasteiger partial charge is 0.508 e. The molecule has 2 aromatic heterocycles. The van der Waals surface area contributed by atoms with Crippen LogP contribution < -0.4 is 4.90 Å². The first-order valence-corrected chi connectivity index (χ1v) is 20.1. The van der Waals surface area contributed by atoms with E-state index in [2.05, 4.69) is 15.9 Å². The number of likely N-dealkylation sites (tertiary alicyclic amines) is 1. The predicted octanol–water partition coefficient (Wildman–Crippen LogP) is 8.30. The third-order valence-corrected chi connectivity index (χ3v) is 14.8. The molecule has 0 radical (unpaired) electrons. The summed E-state index contributed by atoms with van der Waals surface area (Å²) in [5.41, 5.74) is 1.75. The molecule has 6 unspecified atom stereocenters. The van der Waals surface area contributed by atoms with Gasteiger partial charge in [-0.05, 0) is 92.8 Å². The zero-order valence-corrected chi connectivity index (χ0v) is 32.2. The third kappa shape index (κ3) is 4.73. The van der Waals surface area contributed by atoms with Crippen molar-refractivity contribution in [3.05, 3.63) is 74.7 Å². The molecule has 2 saturated carbocycles. The molecule has 4 heterocycles. The van der Waals surface area contributed by atoms with E-state index in [1.807, 2.05) is 44.2 Å². The second kappa shape index (κ2) is 12.1. The van der Waals surface area contributed by atoms with Crippen molar-refractivity contribution in [2.24, 2.45) is 36.1 Å². The molecule has 0 bridgehead atoms. The Kier molecular flexibility index (Phi) is 7.92. The Morgan fingerprint density at radius 2 is 1.75 bits per heavy atom. The van der Waals surface area contributed by atoms with Gasteiger partial charge in [-0.15, -0.1) is 11.3 Å². The second-order valence-corrected chi connectivity index (χ2v) is 17.8.